The van der Waals surface area contributed by atoms with E-state index in [1.165, 1.54) is 0 Å². The zero-order valence-electron chi connectivity index (χ0n) is 17.2. The number of rotatable bonds is 4. The fourth-order valence-corrected chi connectivity index (χ4v) is 3.85. The van der Waals surface area contributed by atoms with Gasteiger partial charge in [-0.2, -0.15) is 0 Å². The molecule has 28 heavy (non-hydrogen) atoms. The molecule has 0 bridgehead atoms. The molecule has 0 unspecified atom stereocenters. The normalized spacial score (nSPS) is 20.2. The molecule has 2 heterocycles. The van der Waals surface area contributed by atoms with Crippen LogP contribution in [0.4, 0.5) is 4.79 Å². The van der Waals surface area contributed by atoms with Gasteiger partial charge in [0.1, 0.15) is 6.04 Å². The van der Waals surface area contributed by atoms with Gasteiger partial charge >= 0.3 is 6.03 Å². The molecule has 0 saturated carbocycles. The van der Waals surface area contributed by atoms with Gasteiger partial charge < -0.3 is 19.9 Å². The highest BCUT2D eigenvalue weighted by molar-refractivity contribution is 5.88. The number of likely N-dealkylation sites (tertiary alicyclic amines) is 1. The van der Waals surface area contributed by atoms with Crippen LogP contribution < -0.4 is 5.32 Å². The number of hydrogen-bond acceptors (Lipinski definition) is 3. The summed E-state index contributed by atoms with van der Waals surface area (Å²) in [6.45, 7) is 12.9. The van der Waals surface area contributed by atoms with Crippen LogP contribution >= 0.6 is 0 Å². The van der Waals surface area contributed by atoms with Gasteiger partial charge in [0.2, 0.25) is 5.91 Å². The Labute approximate surface area is 167 Å². The van der Waals surface area contributed by atoms with Crippen molar-refractivity contribution in [3.63, 3.8) is 0 Å². The second-order valence-electron chi connectivity index (χ2n) is 8.21. The molecule has 1 N–H and O–H groups in total. The zero-order chi connectivity index (χ0) is 20.3. The molecule has 1 atom stereocenters. The molecule has 0 aliphatic carbocycles. The van der Waals surface area contributed by atoms with E-state index >= 15 is 0 Å². The molecule has 152 valence electrons. The van der Waals surface area contributed by atoms with Gasteiger partial charge in [-0.1, -0.05) is 30.4 Å². The van der Waals surface area contributed by atoms with Crippen molar-refractivity contribution in [1.82, 2.24) is 15.1 Å². The second-order valence-corrected chi connectivity index (χ2v) is 8.21. The molecule has 1 aromatic carbocycles. The topological polar surface area (TPSA) is 61.9 Å². The molecule has 0 radical (unpaired) electrons. The number of carbonyl (C=O) groups excluding carboxylic acids is 2. The highest BCUT2D eigenvalue weighted by Gasteiger charge is 2.38. The van der Waals surface area contributed by atoms with Gasteiger partial charge in [-0.3, -0.25) is 4.79 Å². The number of carbonyl (C=O) groups is 2. The van der Waals surface area contributed by atoms with Crippen molar-refractivity contribution < 1.29 is 14.3 Å². The van der Waals surface area contributed by atoms with Crippen molar-refractivity contribution in [3.05, 3.63) is 42.0 Å². The Kier molecular flexibility index (Phi) is 6.08. The smallest absolute Gasteiger partial charge is 0.318 e. The molecular weight excluding hydrogens is 354 g/mol. The number of ether oxygens (including phenoxy) is 1. The third kappa shape index (κ3) is 4.38. The predicted molar refractivity (Wildman–Crippen MR) is 110 cm³/mol. The maximum atomic E-state index is 13.1. The lowest BCUT2D eigenvalue weighted by Crippen LogP contribution is -2.55. The van der Waals surface area contributed by atoms with E-state index in [1.54, 1.807) is 4.90 Å². The van der Waals surface area contributed by atoms with E-state index in [4.69, 9.17) is 4.74 Å². The molecule has 0 aromatic heterocycles. The van der Waals surface area contributed by atoms with Gasteiger partial charge in [-0.25, -0.2) is 4.79 Å². The molecule has 3 rings (SSSR count). The van der Waals surface area contributed by atoms with Crippen LogP contribution in [-0.4, -0.2) is 60.6 Å². The monoisotopic (exact) mass is 385 g/mol. The van der Waals surface area contributed by atoms with Gasteiger partial charge in [0.15, 0.2) is 0 Å². The lowest BCUT2D eigenvalue weighted by molar-refractivity contribution is -0.139. The summed E-state index contributed by atoms with van der Waals surface area (Å²) in [6.07, 6.45) is 1.56. The van der Waals surface area contributed by atoms with Crippen LogP contribution in [0.15, 0.2) is 30.8 Å². The van der Waals surface area contributed by atoms with Gasteiger partial charge in [0.05, 0.1) is 18.8 Å². The van der Waals surface area contributed by atoms with Crippen LogP contribution in [0.25, 0.3) is 5.57 Å². The maximum absolute atomic E-state index is 13.1. The minimum absolute atomic E-state index is 0.0398. The Hall–Kier alpha value is -2.34. The molecular formula is C22H31N3O3. The average molecular weight is 386 g/mol. The van der Waals surface area contributed by atoms with Crippen LogP contribution in [0, 0.1) is 0 Å². The van der Waals surface area contributed by atoms with Gasteiger partial charge in [0, 0.05) is 19.6 Å². The molecule has 2 fully saturated rings. The molecule has 6 nitrogen and oxygen atoms in total. The minimum Gasteiger partial charge on any atom is -0.378 e. The summed E-state index contributed by atoms with van der Waals surface area (Å²) in [4.78, 5) is 29.5. The third-order valence-corrected chi connectivity index (χ3v) is 5.62. The van der Waals surface area contributed by atoms with Crippen LogP contribution in [-0.2, 0) is 15.1 Å². The minimum atomic E-state index is -0.558. The summed E-state index contributed by atoms with van der Waals surface area (Å²) in [6, 6.07) is 7.50. The van der Waals surface area contributed by atoms with E-state index in [1.807, 2.05) is 43.9 Å². The molecule has 2 aliphatic heterocycles. The van der Waals surface area contributed by atoms with Crippen molar-refractivity contribution in [1.29, 1.82) is 0 Å². The lowest BCUT2D eigenvalue weighted by atomic mass is 9.92. The largest absolute Gasteiger partial charge is 0.378 e. The zero-order valence-corrected chi connectivity index (χ0v) is 17.2. The molecule has 1 aromatic rings. The van der Waals surface area contributed by atoms with Gasteiger partial charge in [-0.05, 0) is 50.8 Å². The Balaban J connectivity index is 1.71. The summed E-state index contributed by atoms with van der Waals surface area (Å²) in [5, 5.41) is 3.13. The van der Waals surface area contributed by atoms with E-state index in [0.29, 0.717) is 32.8 Å². The Bertz CT molecular complexity index is 753. The van der Waals surface area contributed by atoms with E-state index in [9.17, 15) is 9.59 Å². The predicted octanol–water partition coefficient (Wildman–Crippen LogP) is 2.99. The average Bonchev–Trinajstić information content (AvgIpc) is 3.18. The number of urea groups is 1. The van der Waals surface area contributed by atoms with Crippen LogP contribution in [0.2, 0.25) is 0 Å². The number of hydrogen-bond donors (Lipinski definition) is 1. The van der Waals surface area contributed by atoms with Crippen molar-refractivity contribution in [2.75, 3.05) is 32.8 Å². The molecule has 0 spiro atoms. The fraction of sp³-hybridized carbons (Fsp3) is 0.545. The number of nitrogens with zero attached hydrogens (tertiary/aromatic N) is 2. The summed E-state index contributed by atoms with van der Waals surface area (Å²) < 4.78 is 5.34. The Morgan fingerprint density at radius 2 is 1.93 bits per heavy atom. The summed E-state index contributed by atoms with van der Waals surface area (Å²) in [5.74, 6) is 0.0398. The first-order valence-electron chi connectivity index (χ1n) is 10.0. The van der Waals surface area contributed by atoms with Crippen LogP contribution in [0.5, 0.6) is 0 Å². The van der Waals surface area contributed by atoms with Crippen molar-refractivity contribution >= 4 is 17.5 Å². The third-order valence-electron chi connectivity index (χ3n) is 5.62. The van der Waals surface area contributed by atoms with Gasteiger partial charge in [-0.15, -0.1) is 0 Å². The Morgan fingerprint density at radius 3 is 2.61 bits per heavy atom. The van der Waals surface area contributed by atoms with Gasteiger partial charge in [0.25, 0.3) is 0 Å². The van der Waals surface area contributed by atoms with Crippen molar-refractivity contribution in [3.8, 4) is 0 Å². The standard InChI is InChI=1S/C22H31N3O3/c1-16(2)17-7-5-8-18(15-17)22(3,4)23-21(27)25-10-6-9-19(25)20(26)24-11-13-28-14-12-24/h5,7-8,15,19H,1,6,9-14H2,2-4H3,(H,23,27)/t19-/m1/s1. The molecule has 6 heteroatoms. The van der Waals surface area contributed by atoms with Crippen molar-refractivity contribution in [2.45, 2.75) is 45.2 Å². The number of amides is 3. The van der Waals surface area contributed by atoms with E-state index < -0.39 is 5.54 Å². The van der Waals surface area contributed by atoms with Crippen LogP contribution in [0.1, 0.15) is 44.7 Å². The Morgan fingerprint density at radius 1 is 1.21 bits per heavy atom. The van der Waals surface area contributed by atoms with Crippen LogP contribution in [0.3, 0.4) is 0 Å². The number of morpholine rings is 1. The van der Waals surface area contributed by atoms with E-state index in [-0.39, 0.29) is 18.0 Å². The summed E-state index contributed by atoms with van der Waals surface area (Å²) in [7, 11) is 0. The van der Waals surface area contributed by atoms with E-state index in [0.717, 1.165) is 29.5 Å². The maximum Gasteiger partial charge on any atom is 0.318 e. The molecule has 2 saturated heterocycles. The summed E-state index contributed by atoms with van der Waals surface area (Å²) in [5.41, 5.74) is 2.50. The lowest BCUT2D eigenvalue weighted by Gasteiger charge is -2.35. The highest BCUT2D eigenvalue weighted by Crippen LogP contribution is 2.26. The number of allylic oxidation sites excluding steroid dienone is 1. The SMILES string of the molecule is C=C(C)c1cccc(C(C)(C)NC(=O)N2CCC[C@@H]2C(=O)N2CCOCC2)c1. The van der Waals surface area contributed by atoms with E-state index in [2.05, 4.69) is 18.0 Å². The number of benzene rings is 1. The first-order valence-corrected chi connectivity index (χ1v) is 10.0. The first-order chi connectivity index (χ1) is 13.3. The number of nitrogens with one attached hydrogen (secondary N) is 1. The highest BCUT2D eigenvalue weighted by atomic mass is 16.5. The molecule has 2 aliphatic rings. The van der Waals surface area contributed by atoms with Crippen molar-refractivity contribution in [2.24, 2.45) is 0 Å². The quantitative estimate of drug-likeness (QED) is 0.867. The molecule has 3 amide bonds. The fourth-order valence-electron chi connectivity index (χ4n) is 3.85. The first kappa shape index (κ1) is 20.4. The summed E-state index contributed by atoms with van der Waals surface area (Å²) >= 11 is 0. The second kappa shape index (κ2) is 8.35.